The maximum absolute atomic E-state index is 13.5. The fourth-order valence-electron chi connectivity index (χ4n) is 4.50. The molecule has 1 unspecified atom stereocenters. The maximum atomic E-state index is 13.5. The van der Waals surface area contributed by atoms with Crippen molar-refractivity contribution in [1.82, 2.24) is 19.4 Å². The average Bonchev–Trinajstić information content (AvgIpc) is 3.38. The molecule has 1 amide bonds. The Bertz CT molecular complexity index is 1290. The molecule has 2 aromatic heterocycles. The second-order valence-electron chi connectivity index (χ2n) is 8.62. The number of nitrogens with zero attached hydrogens (tertiary/aromatic N) is 4. The summed E-state index contributed by atoms with van der Waals surface area (Å²) in [7, 11) is 3.00. The molecule has 0 spiro atoms. The summed E-state index contributed by atoms with van der Waals surface area (Å²) in [5.74, 6) is 0.0701. The number of ether oxygens (including phenoxy) is 2. The van der Waals surface area contributed by atoms with E-state index in [2.05, 4.69) is 9.97 Å². The smallest absolute Gasteiger partial charge is 0.289 e. The Kier molecular flexibility index (Phi) is 7.79. The van der Waals surface area contributed by atoms with Crippen LogP contribution in [0.5, 0.6) is 17.4 Å². The molecule has 1 N–H and O–H groups in total. The zero-order valence-electron chi connectivity index (χ0n) is 20.5. The lowest BCUT2D eigenvalue weighted by Crippen LogP contribution is -2.35. The van der Waals surface area contributed by atoms with E-state index < -0.39 is 17.3 Å². The number of amides is 1. The Morgan fingerprint density at radius 2 is 1.92 bits per heavy atom. The number of para-hydroxylation sites is 1. The van der Waals surface area contributed by atoms with Crippen LogP contribution in [-0.2, 0) is 6.42 Å². The van der Waals surface area contributed by atoms with Crippen molar-refractivity contribution < 1.29 is 19.4 Å². The molecule has 9 nitrogen and oxygen atoms in total. The van der Waals surface area contributed by atoms with Gasteiger partial charge in [0.25, 0.3) is 11.5 Å². The highest BCUT2D eigenvalue weighted by Crippen LogP contribution is 2.37. The molecule has 1 fully saturated rings. The Balaban J connectivity index is 1.78. The number of benzene rings is 1. The third-order valence-corrected chi connectivity index (χ3v) is 6.60. The van der Waals surface area contributed by atoms with E-state index in [1.54, 1.807) is 35.4 Å². The quantitative estimate of drug-likeness (QED) is 0.486. The largest absolute Gasteiger partial charge is 0.494 e. The van der Waals surface area contributed by atoms with Crippen LogP contribution in [0.1, 0.15) is 54.0 Å². The fraction of sp³-hybridized carbons (Fsp3) is 0.385. The van der Waals surface area contributed by atoms with Gasteiger partial charge in [0.1, 0.15) is 23.0 Å². The number of unbranched alkanes of at least 4 members (excludes halogenated alkanes) is 1. The van der Waals surface area contributed by atoms with E-state index in [1.165, 1.54) is 18.8 Å². The van der Waals surface area contributed by atoms with Crippen molar-refractivity contribution in [2.24, 2.45) is 0 Å². The molecule has 0 bridgehead atoms. The number of pyridine rings is 1. The molecule has 1 aliphatic rings. The topological polar surface area (TPSA) is 107 Å². The number of carbonyl (C=O) groups is 1. The third kappa shape index (κ3) is 4.88. The molecule has 4 rings (SSSR count). The maximum Gasteiger partial charge on any atom is 0.289 e. The van der Waals surface area contributed by atoms with E-state index in [9.17, 15) is 14.7 Å². The van der Waals surface area contributed by atoms with Crippen LogP contribution in [0.3, 0.4) is 0 Å². The fourth-order valence-corrected chi connectivity index (χ4v) is 4.61. The summed E-state index contributed by atoms with van der Waals surface area (Å²) in [4.78, 5) is 36.8. The van der Waals surface area contributed by atoms with Crippen molar-refractivity contribution in [3.8, 4) is 23.1 Å². The summed E-state index contributed by atoms with van der Waals surface area (Å²) >= 11 is 5.95. The van der Waals surface area contributed by atoms with Gasteiger partial charge in [0, 0.05) is 37.3 Å². The molecule has 1 aromatic carbocycles. The Morgan fingerprint density at radius 3 is 2.53 bits per heavy atom. The Labute approximate surface area is 214 Å². The SMILES string of the molecule is CCCCc1nc(=O)c(C(=O)N2CCC(c3ccc(Cl)cn3)C2)c(O)n1-c1c(OC)cccc1OC. The molecule has 190 valence electrons. The van der Waals surface area contributed by atoms with Crippen molar-refractivity contribution in [2.45, 2.75) is 38.5 Å². The first kappa shape index (κ1) is 25.5. The van der Waals surface area contributed by atoms with Gasteiger partial charge in [-0.1, -0.05) is 31.0 Å². The Hall–Kier alpha value is -3.59. The van der Waals surface area contributed by atoms with Gasteiger partial charge in [-0.15, -0.1) is 0 Å². The predicted octanol–water partition coefficient (Wildman–Crippen LogP) is 3.98. The van der Waals surface area contributed by atoms with Crippen molar-refractivity contribution in [3.63, 3.8) is 0 Å². The number of rotatable bonds is 8. The molecule has 0 aliphatic carbocycles. The van der Waals surface area contributed by atoms with E-state index in [4.69, 9.17) is 21.1 Å². The van der Waals surface area contributed by atoms with Gasteiger partial charge in [-0.25, -0.2) is 0 Å². The molecule has 10 heteroatoms. The first-order valence-corrected chi connectivity index (χ1v) is 12.2. The van der Waals surface area contributed by atoms with Gasteiger partial charge < -0.3 is 19.5 Å². The van der Waals surface area contributed by atoms with Gasteiger partial charge in [-0.2, -0.15) is 4.98 Å². The lowest BCUT2D eigenvalue weighted by Gasteiger charge is -2.22. The first-order valence-electron chi connectivity index (χ1n) is 11.9. The molecule has 0 saturated carbocycles. The van der Waals surface area contributed by atoms with Gasteiger partial charge in [0.05, 0.1) is 19.2 Å². The van der Waals surface area contributed by atoms with Crippen molar-refractivity contribution >= 4 is 17.5 Å². The van der Waals surface area contributed by atoms with Gasteiger partial charge >= 0.3 is 0 Å². The summed E-state index contributed by atoms with van der Waals surface area (Å²) in [5.41, 5.74) is 0.0511. The molecule has 36 heavy (non-hydrogen) atoms. The number of likely N-dealkylation sites (tertiary alicyclic amines) is 1. The number of halogens is 1. The number of aromatic hydroxyl groups is 1. The molecule has 1 atom stereocenters. The first-order chi connectivity index (χ1) is 17.4. The zero-order chi connectivity index (χ0) is 25.8. The molecule has 1 aliphatic heterocycles. The van der Waals surface area contributed by atoms with Gasteiger partial charge in [0.2, 0.25) is 5.88 Å². The van der Waals surface area contributed by atoms with E-state index in [-0.39, 0.29) is 11.5 Å². The Morgan fingerprint density at radius 1 is 1.19 bits per heavy atom. The van der Waals surface area contributed by atoms with Crippen LogP contribution >= 0.6 is 11.6 Å². The summed E-state index contributed by atoms with van der Waals surface area (Å²) in [6.07, 6.45) is 4.26. The normalized spacial score (nSPS) is 15.2. The molecule has 3 aromatic rings. The highest BCUT2D eigenvalue weighted by molar-refractivity contribution is 6.30. The predicted molar refractivity (Wildman–Crippen MR) is 136 cm³/mol. The minimum absolute atomic E-state index is 0.00156. The van der Waals surface area contributed by atoms with Crippen LogP contribution in [-0.4, -0.2) is 57.8 Å². The van der Waals surface area contributed by atoms with E-state index >= 15 is 0 Å². The molecule has 3 heterocycles. The zero-order valence-corrected chi connectivity index (χ0v) is 21.3. The van der Waals surface area contributed by atoms with Crippen LogP contribution < -0.4 is 15.0 Å². The standard InChI is InChI=1S/C26H29ClN4O5/c1-4-5-9-21-29-24(32)22(26(34)31(21)23-19(35-2)7-6-8-20(23)36-3)25(33)30-13-12-16(15-30)18-11-10-17(27)14-28-18/h6-8,10-11,14,16,34H,4-5,9,12-13,15H2,1-3H3. The monoisotopic (exact) mass is 512 g/mol. The second-order valence-corrected chi connectivity index (χ2v) is 9.06. The number of carbonyl (C=O) groups excluding carboxylic acids is 1. The molecule has 1 saturated heterocycles. The second kappa shape index (κ2) is 11.0. The number of aromatic nitrogens is 3. The summed E-state index contributed by atoms with van der Waals surface area (Å²) < 4.78 is 12.5. The lowest BCUT2D eigenvalue weighted by atomic mass is 10.0. The number of hydrogen-bond donors (Lipinski definition) is 1. The molecular formula is C26H29ClN4O5. The summed E-state index contributed by atoms with van der Waals surface area (Å²) in [5, 5.41) is 12.0. The van der Waals surface area contributed by atoms with Crippen LogP contribution in [0.25, 0.3) is 5.69 Å². The number of methoxy groups -OCH3 is 2. The highest BCUT2D eigenvalue weighted by atomic mass is 35.5. The molecule has 0 radical (unpaired) electrons. The van der Waals surface area contributed by atoms with Crippen molar-refractivity contribution in [3.05, 3.63) is 69.0 Å². The number of hydrogen-bond acceptors (Lipinski definition) is 7. The van der Waals surface area contributed by atoms with Crippen molar-refractivity contribution in [2.75, 3.05) is 27.3 Å². The average molecular weight is 513 g/mol. The summed E-state index contributed by atoms with van der Waals surface area (Å²) in [6.45, 7) is 2.80. The summed E-state index contributed by atoms with van der Waals surface area (Å²) in [6, 6.07) is 8.78. The minimum atomic E-state index is -0.762. The van der Waals surface area contributed by atoms with Crippen LogP contribution in [0, 0.1) is 0 Å². The van der Waals surface area contributed by atoms with Crippen LogP contribution in [0.15, 0.2) is 41.3 Å². The van der Waals surface area contributed by atoms with Gasteiger partial charge in [-0.05, 0) is 37.1 Å². The minimum Gasteiger partial charge on any atom is -0.494 e. The lowest BCUT2D eigenvalue weighted by molar-refractivity contribution is 0.0784. The van der Waals surface area contributed by atoms with Crippen molar-refractivity contribution in [1.29, 1.82) is 0 Å². The highest BCUT2D eigenvalue weighted by Gasteiger charge is 2.34. The van der Waals surface area contributed by atoms with E-state index in [0.29, 0.717) is 54.0 Å². The third-order valence-electron chi connectivity index (χ3n) is 6.38. The van der Waals surface area contributed by atoms with Crippen LogP contribution in [0.4, 0.5) is 0 Å². The van der Waals surface area contributed by atoms with E-state index in [1.807, 2.05) is 13.0 Å². The van der Waals surface area contributed by atoms with Gasteiger partial charge in [0.15, 0.2) is 5.56 Å². The van der Waals surface area contributed by atoms with Crippen LogP contribution in [0.2, 0.25) is 5.02 Å². The van der Waals surface area contributed by atoms with E-state index in [0.717, 1.165) is 18.5 Å². The van der Waals surface area contributed by atoms with Gasteiger partial charge in [-0.3, -0.25) is 19.1 Å². The number of aryl methyl sites for hydroxylation is 1. The molecular weight excluding hydrogens is 484 g/mol.